The molecule has 1 saturated carbocycles. The lowest BCUT2D eigenvalue weighted by Gasteiger charge is -2.28. The van der Waals surface area contributed by atoms with Gasteiger partial charge in [0.2, 0.25) is 0 Å². The number of rotatable bonds is 3. The molecule has 0 aromatic heterocycles. The Kier molecular flexibility index (Phi) is 4.63. The van der Waals surface area contributed by atoms with E-state index in [-0.39, 0.29) is 24.1 Å². The Morgan fingerprint density at radius 2 is 1.89 bits per heavy atom. The van der Waals surface area contributed by atoms with Crippen molar-refractivity contribution in [1.82, 2.24) is 10.2 Å². The van der Waals surface area contributed by atoms with Crippen molar-refractivity contribution in [3.8, 4) is 0 Å². The first-order chi connectivity index (χ1) is 9.10. The first-order valence-electron chi connectivity index (χ1n) is 6.91. The summed E-state index contributed by atoms with van der Waals surface area (Å²) in [6.07, 6.45) is 3.85. The van der Waals surface area contributed by atoms with Crippen molar-refractivity contribution >= 4 is 12.0 Å². The van der Waals surface area contributed by atoms with Crippen LogP contribution < -0.4 is 5.32 Å². The van der Waals surface area contributed by atoms with Crippen molar-refractivity contribution in [3.63, 3.8) is 0 Å². The van der Waals surface area contributed by atoms with Gasteiger partial charge in [0, 0.05) is 26.2 Å². The molecule has 0 aromatic rings. The van der Waals surface area contributed by atoms with Crippen LogP contribution >= 0.6 is 0 Å². The molecule has 1 heterocycles. The van der Waals surface area contributed by atoms with Gasteiger partial charge >= 0.3 is 12.0 Å². The SMILES string of the molecule is CO[C@H]1CCN(C(=O)NC2CCC(C(=O)O)CC2)C1. The van der Waals surface area contributed by atoms with E-state index in [0.717, 1.165) is 25.8 Å². The Morgan fingerprint density at radius 3 is 2.42 bits per heavy atom. The number of carbonyl (C=O) groups is 2. The average molecular weight is 270 g/mol. The van der Waals surface area contributed by atoms with Crippen LogP contribution in [0.2, 0.25) is 0 Å². The van der Waals surface area contributed by atoms with Gasteiger partial charge in [-0.3, -0.25) is 4.79 Å². The number of ether oxygens (including phenoxy) is 1. The molecule has 2 rings (SSSR count). The summed E-state index contributed by atoms with van der Waals surface area (Å²) < 4.78 is 5.24. The monoisotopic (exact) mass is 270 g/mol. The fraction of sp³-hybridized carbons (Fsp3) is 0.846. The van der Waals surface area contributed by atoms with Gasteiger partial charge in [-0.25, -0.2) is 4.79 Å². The highest BCUT2D eigenvalue weighted by molar-refractivity contribution is 5.75. The van der Waals surface area contributed by atoms with Crippen molar-refractivity contribution < 1.29 is 19.4 Å². The highest BCUT2D eigenvalue weighted by atomic mass is 16.5. The summed E-state index contributed by atoms with van der Waals surface area (Å²) in [6, 6.07) is 0.0722. The van der Waals surface area contributed by atoms with E-state index in [1.54, 1.807) is 12.0 Å². The van der Waals surface area contributed by atoms with Crippen LogP contribution in [-0.2, 0) is 9.53 Å². The van der Waals surface area contributed by atoms with E-state index in [2.05, 4.69) is 5.32 Å². The fourth-order valence-electron chi connectivity index (χ4n) is 2.86. The van der Waals surface area contributed by atoms with Crippen LogP contribution in [-0.4, -0.2) is 54.4 Å². The third-order valence-electron chi connectivity index (χ3n) is 4.17. The minimum absolute atomic E-state index is 0.0432. The molecular weight excluding hydrogens is 248 g/mol. The summed E-state index contributed by atoms with van der Waals surface area (Å²) in [4.78, 5) is 24.7. The highest BCUT2D eigenvalue weighted by Gasteiger charge is 2.30. The molecule has 108 valence electrons. The van der Waals surface area contributed by atoms with Crippen LogP contribution in [0.5, 0.6) is 0 Å². The first-order valence-corrected chi connectivity index (χ1v) is 6.91. The third-order valence-corrected chi connectivity index (χ3v) is 4.17. The zero-order valence-electron chi connectivity index (χ0n) is 11.3. The second-order valence-corrected chi connectivity index (χ2v) is 5.43. The van der Waals surface area contributed by atoms with Crippen LogP contribution in [0.15, 0.2) is 0 Å². The van der Waals surface area contributed by atoms with E-state index < -0.39 is 5.97 Å². The molecule has 2 fully saturated rings. The summed E-state index contributed by atoms with van der Waals surface area (Å²) >= 11 is 0. The second kappa shape index (κ2) is 6.23. The minimum atomic E-state index is -0.716. The van der Waals surface area contributed by atoms with Gasteiger partial charge in [-0.2, -0.15) is 0 Å². The maximum Gasteiger partial charge on any atom is 0.317 e. The van der Waals surface area contributed by atoms with E-state index >= 15 is 0 Å². The zero-order valence-corrected chi connectivity index (χ0v) is 11.3. The predicted octanol–water partition coefficient (Wildman–Crippen LogP) is 1.06. The molecule has 0 radical (unpaired) electrons. The lowest BCUT2D eigenvalue weighted by molar-refractivity contribution is -0.142. The van der Waals surface area contributed by atoms with Gasteiger partial charge in [0.05, 0.1) is 12.0 Å². The van der Waals surface area contributed by atoms with Gasteiger partial charge in [-0.05, 0) is 32.1 Å². The quantitative estimate of drug-likeness (QED) is 0.803. The lowest BCUT2D eigenvalue weighted by atomic mass is 9.86. The molecule has 0 bridgehead atoms. The molecule has 19 heavy (non-hydrogen) atoms. The van der Waals surface area contributed by atoms with Gasteiger partial charge in [0.25, 0.3) is 0 Å². The maximum atomic E-state index is 12.0. The number of aliphatic carboxylic acids is 1. The van der Waals surface area contributed by atoms with E-state index in [9.17, 15) is 9.59 Å². The zero-order chi connectivity index (χ0) is 13.8. The minimum Gasteiger partial charge on any atom is -0.481 e. The van der Waals surface area contributed by atoms with E-state index in [4.69, 9.17) is 9.84 Å². The third kappa shape index (κ3) is 3.59. The molecule has 6 heteroatoms. The number of hydrogen-bond acceptors (Lipinski definition) is 3. The normalized spacial score (nSPS) is 31.2. The largest absolute Gasteiger partial charge is 0.481 e. The molecule has 6 nitrogen and oxygen atoms in total. The summed E-state index contributed by atoms with van der Waals surface area (Å²) in [5.74, 6) is -0.954. The molecule has 2 N–H and O–H groups in total. The molecular formula is C13H22N2O4. The van der Waals surface area contributed by atoms with Crippen LogP contribution in [0.25, 0.3) is 0 Å². The number of likely N-dealkylation sites (tertiary alicyclic amines) is 1. The summed E-state index contributed by atoms with van der Waals surface area (Å²) in [6.45, 7) is 1.38. The molecule has 0 spiro atoms. The standard InChI is InChI=1S/C13H22N2O4/c1-19-11-6-7-15(8-11)13(18)14-10-4-2-9(3-5-10)12(16)17/h9-11H,2-8H2,1H3,(H,14,18)(H,16,17)/t9?,10?,11-/m0/s1. The van der Waals surface area contributed by atoms with Crippen LogP contribution in [0.3, 0.4) is 0 Å². The number of urea groups is 1. The Hall–Kier alpha value is -1.30. The molecule has 1 atom stereocenters. The number of amides is 2. The summed E-state index contributed by atoms with van der Waals surface area (Å²) in [5, 5.41) is 11.9. The van der Waals surface area contributed by atoms with Crippen molar-refractivity contribution in [2.75, 3.05) is 20.2 Å². The van der Waals surface area contributed by atoms with Crippen molar-refractivity contribution in [2.45, 2.75) is 44.2 Å². The summed E-state index contributed by atoms with van der Waals surface area (Å²) in [7, 11) is 1.67. The number of hydrogen-bond donors (Lipinski definition) is 2. The van der Waals surface area contributed by atoms with Gasteiger partial charge in [0.1, 0.15) is 0 Å². The van der Waals surface area contributed by atoms with Crippen molar-refractivity contribution in [3.05, 3.63) is 0 Å². The van der Waals surface area contributed by atoms with E-state index in [0.29, 0.717) is 19.4 Å². The molecule has 1 saturated heterocycles. The first kappa shape index (κ1) is 14.1. The van der Waals surface area contributed by atoms with E-state index in [1.165, 1.54) is 0 Å². The molecule has 1 aliphatic heterocycles. The van der Waals surface area contributed by atoms with Gasteiger partial charge in [-0.1, -0.05) is 0 Å². The van der Waals surface area contributed by atoms with Crippen LogP contribution in [0.1, 0.15) is 32.1 Å². The van der Waals surface area contributed by atoms with Crippen molar-refractivity contribution in [1.29, 1.82) is 0 Å². The van der Waals surface area contributed by atoms with Gasteiger partial charge in [0.15, 0.2) is 0 Å². The smallest absolute Gasteiger partial charge is 0.317 e. The number of nitrogens with zero attached hydrogens (tertiary/aromatic N) is 1. The molecule has 0 aromatic carbocycles. The number of carboxylic acid groups (broad SMARTS) is 1. The van der Waals surface area contributed by atoms with Gasteiger partial charge < -0.3 is 20.1 Å². The second-order valence-electron chi connectivity index (χ2n) is 5.43. The highest BCUT2D eigenvalue weighted by Crippen LogP contribution is 2.24. The fourth-order valence-corrected chi connectivity index (χ4v) is 2.86. The number of carbonyl (C=O) groups excluding carboxylic acids is 1. The maximum absolute atomic E-state index is 12.0. The lowest BCUT2D eigenvalue weighted by Crippen LogP contribution is -2.45. The number of nitrogens with one attached hydrogen (secondary N) is 1. The topological polar surface area (TPSA) is 78.9 Å². The molecule has 2 amide bonds. The Morgan fingerprint density at radius 1 is 1.21 bits per heavy atom. The Labute approximate surface area is 113 Å². The molecule has 0 unspecified atom stereocenters. The Bertz CT molecular complexity index is 340. The Balaban J connectivity index is 1.73. The number of carboxylic acids is 1. The van der Waals surface area contributed by atoms with Crippen LogP contribution in [0.4, 0.5) is 4.79 Å². The van der Waals surface area contributed by atoms with Crippen molar-refractivity contribution in [2.24, 2.45) is 5.92 Å². The van der Waals surface area contributed by atoms with E-state index in [1.807, 2.05) is 0 Å². The molecule has 2 aliphatic rings. The average Bonchev–Trinajstić information content (AvgIpc) is 2.88. The predicted molar refractivity (Wildman–Crippen MR) is 68.9 cm³/mol. The summed E-state index contributed by atoms with van der Waals surface area (Å²) in [5.41, 5.74) is 0. The van der Waals surface area contributed by atoms with Gasteiger partial charge in [-0.15, -0.1) is 0 Å². The van der Waals surface area contributed by atoms with Crippen LogP contribution in [0, 0.1) is 5.92 Å². The number of methoxy groups -OCH3 is 1. The molecule has 1 aliphatic carbocycles.